The highest BCUT2D eigenvalue weighted by Crippen LogP contribution is 2.44. The molecule has 0 heterocycles. The maximum absolute atomic E-state index is 9.24. The van der Waals surface area contributed by atoms with Crippen molar-refractivity contribution in [3.63, 3.8) is 0 Å². The lowest BCUT2D eigenvalue weighted by atomic mass is 9.82. The van der Waals surface area contributed by atoms with Gasteiger partial charge in [0.1, 0.15) is 0 Å². The van der Waals surface area contributed by atoms with Crippen molar-refractivity contribution in [1.82, 2.24) is 0 Å². The topological polar surface area (TPSA) is 44.0 Å². The average Bonchev–Trinajstić information content (AvgIpc) is 2.32. The van der Waals surface area contributed by atoms with Gasteiger partial charge in [0.05, 0.1) is 17.6 Å². The number of nitrogens with zero attached hydrogens (tertiary/aromatic N) is 1. The molecule has 1 aliphatic carbocycles. The average molecular weight is 167 g/mol. The molecule has 0 aromatic heterocycles. The van der Waals surface area contributed by atoms with Crippen LogP contribution in [0.25, 0.3) is 0 Å². The normalized spacial score (nSPS) is 37.7. The fourth-order valence-electron chi connectivity index (χ4n) is 2.29. The molecule has 3 unspecified atom stereocenters. The molecule has 68 valence electrons. The van der Waals surface area contributed by atoms with Crippen molar-refractivity contribution in [3.8, 4) is 6.07 Å². The summed E-state index contributed by atoms with van der Waals surface area (Å²) in [6, 6.07) is 2.38. The second kappa shape index (κ2) is 3.45. The predicted octanol–water partition coefficient (Wildman–Crippen LogP) is 2.09. The monoisotopic (exact) mass is 167 g/mol. The molecule has 0 aliphatic heterocycles. The van der Waals surface area contributed by atoms with E-state index in [1.54, 1.807) is 6.92 Å². The van der Waals surface area contributed by atoms with Gasteiger partial charge in [0.15, 0.2) is 0 Å². The second-order valence-electron chi connectivity index (χ2n) is 4.29. The van der Waals surface area contributed by atoms with E-state index < -0.39 is 0 Å². The lowest BCUT2D eigenvalue weighted by Crippen LogP contribution is -2.20. The van der Waals surface area contributed by atoms with Crippen molar-refractivity contribution in [2.24, 2.45) is 11.3 Å². The first-order valence-corrected chi connectivity index (χ1v) is 4.67. The molecular weight excluding hydrogens is 150 g/mol. The summed E-state index contributed by atoms with van der Waals surface area (Å²) in [7, 11) is 0. The van der Waals surface area contributed by atoms with Crippen molar-refractivity contribution >= 4 is 0 Å². The van der Waals surface area contributed by atoms with Crippen LogP contribution in [0.4, 0.5) is 0 Å². The fraction of sp³-hybridized carbons (Fsp3) is 0.900. The Kier molecular flexibility index (Phi) is 2.74. The maximum atomic E-state index is 9.24. The van der Waals surface area contributed by atoms with Gasteiger partial charge in [-0.15, -0.1) is 0 Å². The van der Waals surface area contributed by atoms with Crippen molar-refractivity contribution < 1.29 is 5.11 Å². The minimum atomic E-state index is -0.338. The van der Waals surface area contributed by atoms with Gasteiger partial charge in [-0.25, -0.2) is 0 Å². The largest absolute Gasteiger partial charge is 0.393 e. The molecular formula is C10H17NO. The minimum Gasteiger partial charge on any atom is -0.393 e. The molecule has 2 nitrogen and oxygen atoms in total. The molecule has 0 radical (unpaired) electrons. The standard InChI is InChI=1S/C10H17NO/c1-8-3-4-10(5-8,7-11)6-9(2)12/h8-9,12H,3-6H2,1-2H3. The summed E-state index contributed by atoms with van der Waals surface area (Å²) in [5.41, 5.74) is -0.215. The third-order valence-electron chi connectivity index (χ3n) is 2.78. The van der Waals surface area contributed by atoms with Gasteiger partial charge in [-0.2, -0.15) is 5.26 Å². The van der Waals surface area contributed by atoms with Crippen LogP contribution in [-0.2, 0) is 0 Å². The van der Waals surface area contributed by atoms with Crippen LogP contribution in [0.5, 0.6) is 0 Å². The van der Waals surface area contributed by atoms with Crippen LogP contribution in [0, 0.1) is 22.7 Å². The van der Waals surface area contributed by atoms with Gasteiger partial charge >= 0.3 is 0 Å². The molecule has 1 aliphatic rings. The third kappa shape index (κ3) is 1.98. The third-order valence-corrected chi connectivity index (χ3v) is 2.78. The summed E-state index contributed by atoms with van der Waals surface area (Å²) in [6.45, 7) is 3.95. The second-order valence-corrected chi connectivity index (χ2v) is 4.29. The van der Waals surface area contributed by atoms with E-state index in [-0.39, 0.29) is 11.5 Å². The van der Waals surface area contributed by atoms with Crippen molar-refractivity contribution in [3.05, 3.63) is 0 Å². The van der Waals surface area contributed by atoms with Crippen molar-refractivity contribution in [2.75, 3.05) is 0 Å². The van der Waals surface area contributed by atoms with Crippen LogP contribution in [-0.4, -0.2) is 11.2 Å². The van der Waals surface area contributed by atoms with E-state index in [0.717, 1.165) is 19.3 Å². The lowest BCUT2D eigenvalue weighted by molar-refractivity contribution is 0.138. The quantitative estimate of drug-likeness (QED) is 0.684. The Morgan fingerprint density at radius 1 is 1.75 bits per heavy atom. The fourth-order valence-corrected chi connectivity index (χ4v) is 2.29. The molecule has 12 heavy (non-hydrogen) atoms. The number of hydrogen-bond donors (Lipinski definition) is 1. The molecule has 1 N–H and O–H groups in total. The van der Waals surface area contributed by atoms with E-state index in [1.165, 1.54) is 0 Å². The number of nitriles is 1. The highest BCUT2D eigenvalue weighted by atomic mass is 16.3. The summed E-state index contributed by atoms with van der Waals surface area (Å²) in [4.78, 5) is 0. The SMILES string of the molecule is CC(O)CC1(C#N)CCC(C)C1. The van der Waals surface area contributed by atoms with Gasteiger partial charge in [-0.1, -0.05) is 6.92 Å². The van der Waals surface area contributed by atoms with Crippen LogP contribution in [0.2, 0.25) is 0 Å². The zero-order chi connectivity index (χ0) is 9.19. The van der Waals surface area contributed by atoms with Gasteiger partial charge in [-0.3, -0.25) is 0 Å². The molecule has 0 bridgehead atoms. The van der Waals surface area contributed by atoms with Crippen LogP contribution in [0.3, 0.4) is 0 Å². The molecule has 0 amide bonds. The Morgan fingerprint density at radius 2 is 2.42 bits per heavy atom. The maximum Gasteiger partial charge on any atom is 0.0690 e. The molecule has 0 aromatic carbocycles. The minimum absolute atomic E-state index is 0.215. The Labute approximate surface area is 74.2 Å². The van der Waals surface area contributed by atoms with Gasteiger partial charge in [0, 0.05) is 0 Å². The van der Waals surface area contributed by atoms with Gasteiger partial charge in [0.2, 0.25) is 0 Å². The number of rotatable bonds is 2. The summed E-state index contributed by atoms with van der Waals surface area (Å²) in [5, 5.41) is 18.3. The summed E-state index contributed by atoms with van der Waals surface area (Å²) >= 11 is 0. The smallest absolute Gasteiger partial charge is 0.0690 e. The Bertz CT molecular complexity index is 195. The Balaban J connectivity index is 2.60. The van der Waals surface area contributed by atoms with E-state index >= 15 is 0 Å². The first-order chi connectivity index (χ1) is 5.58. The number of aliphatic hydroxyl groups excluding tert-OH is 1. The highest BCUT2D eigenvalue weighted by molar-refractivity contribution is 5.04. The molecule has 0 spiro atoms. The molecule has 3 atom stereocenters. The van der Waals surface area contributed by atoms with Crippen molar-refractivity contribution in [1.29, 1.82) is 5.26 Å². The summed E-state index contributed by atoms with van der Waals surface area (Å²) < 4.78 is 0. The molecule has 0 saturated heterocycles. The highest BCUT2D eigenvalue weighted by Gasteiger charge is 2.38. The van der Waals surface area contributed by atoms with Crippen LogP contribution in [0.15, 0.2) is 0 Å². The first kappa shape index (κ1) is 9.54. The van der Waals surface area contributed by atoms with Crippen LogP contribution < -0.4 is 0 Å². The molecule has 0 aromatic rings. The molecule has 1 saturated carbocycles. The molecule has 1 rings (SSSR count). The van der Waals surface area contributed by atoms with Gasteiger partial charge in [-0.05, 0) is 38.5 Å². The summed E-state index contributed by atoms with van der Waals surface area (Å²) in [6.07, 6.45) is 3.38. The molecule has 1 fully saturated rings. The predicted molar refractivity (Wildman–Crippen MR) is 47.4 cm³/mol. The van der Waals surface area contributed by atoms with E-state index in [4.69, 9.17) is 5.26 Å². The lowest BCUT2D eigenvalue weighted by Gasteiger charge is -2.21. The van der Waals surface area contributed by atoms with E-state index in [0.29, 0.717) is 12.3 Å². The first-order valence-electron chi connectivity index (χ1n) is 4.67. The Hall–Kier alpha value is -0.550. The van der Waals surface area contributed by atoms with E-state index in [9.17, 15) is 5.11 Å². The molecule has 2 heteroatoms. The van der Waals surface area contributed by atoms with Gasteiger partial charge < -0.3 is 5.11 Å². The number of hydrogen-bond acceptors (Lipinski definition) is 2. The zero-order valence-corrected chi connectivity index (χ0v) is 7.88. The van der Waals surface area contributed by atoms with Crippen LogP contribution in [0.1, 0.15) is 39.5 Å². The van der Waals surface area contributed by atoms with Gasteiger partial charge in [0.25, 0.3) is 0 Å². The van der Waals surface area contributed by atoms with E-state index in [1.807, 2.05) is 0 Å². The summed E-state index contributed by atoms with van der Waals surface area (Å²) in [5.74, 6) is 0.656. The number of aliphatic hydroxyl groups is 1. The zero-order valence-electron chi connectivity index (χ0n) is 7.88. The van der Waals surface area contributed by atoms with Crippen LogP contribution >= 0.6 is 0 Å². The van der Waals surface area contributed by atoms with E-state index in [2.05, 4.69) is 13.0 Å². The Morgan fingerprint density at radius 3 is 2.75 bits per heavy atom. The van der Waals surface area contributed by atoms with Crippen molar-refractivity contribution in [2.45, 2.75) is 45.6 Å².